The molecule has 1 aliphatic rings. The highest BCUT2D eigenvalue weighted by Crippen LogP contribution is 2.43. The van der Waals surface area contributed by atoms with Gasteiger partial charge in [0, 0.05) is 16.9 Å². The molecule has 0 saturated carbocycles. The van der Waals surface area contributed by atoms with E-state index in [1.807, 2.05) is 48.5 Å². The highest BCUT2D eigenvalue weighted by molar-refractivity contribution is 9.10. The molecule has 3 heteroatoms. The summed E-state index contributed by atoms with van der Waals surface area (Å²) in [5.41, 5.74) is 8.44. The molecule has 2 unspecified atom stereocenters. The van der Waals surface area contributed by atoms with Crippen LogP contribution in [0.15, 0.2) is 53.0 Å². The summed E-state index contributed by atoms with van der Waals surface area (Å²) in [6.45, 7) is 0. The van der Waals surface area contributed by atoms with Crippen LogP contribution in [0, 0.1) is 0 Å². The van der Waals surface area contributed by atoms with Gasteiger partial charge in [0.05, 0.1) is 5.60 Å². The first-order valence-electron chi connectivity index (χ1n) is 6.40. The van der Waals surface area contributed by atoms with E-state index in [-0.39, 0.29) is 6.04 Å². The molecule has 2 aromatic rings. The molecular weight excluding hydrogens is 302 g/mol. The van der Waals surface area contributed by atoms with Crippen LogP contribution in [0.2, 0.25) is 0 Å². The molecule has 3 rings (SSSR count). The van der Waals surface area contributed by atoms with Crippen LogP contribution in [0.25, 0.3) is 0 Å². The lowest BCUT2D eigenvalue weighted by molar-refractivity contribution is 0.0342. The van der Waals surface area contributed by atoms with Crippen molar-refractivity contribution in [3.8, 4) is 0 Å². The van der Waals surface area contributed by atoms with Crippen molar-refractivity contribution in [2.45, 2.75) is 24.5 Å². The van der Waals surface area contributed by atoms with Gasteiger partial charge in [0.25, 0.3) is 0 Å². The number of hydrogen-bond donors (Lipinski definition) is 2. The zero-order chi connectivity index (χ0) is 13.5. The molecule has 2 aromatic carbocycles. The monoisotopic (exact) mass is 317 g/mol. The molecule has 0 bridgehead atoms. The van der Waals surface area contributed by atoms with Gasteiger partial charge < -0.3 is 10.8 Å². The van der Waals surface area contributed by atoms with Crippen molar-refractivity contribution in [1.82, 2.24) is 0 Å². The fraction of sp³-hybridized carbons (Fsp3) is 0.250. The topological polar surface area (TPSA) is 46.2 Å². The van der Waals surface area contributed by atoms with Gasteiger partial charge in [0.2, 0.25) is 0 Å². The van der Waals surface area contributed by atoms with Crippen molar-refractivity contribution in [3.63, 3.8) is 0 Å². The van der Waals surface area contributed by atoms with Gasteiger partial charge in [-0.05, 0) is 35.2 Å². The Morgan fingerprint density at radius 3 is 2.79 bits per heavy atom. The largest absolute Gasteiger partial charge is 0.385 e. The highest BCUT2D eigenvalue weighted by Gasteiger charge is 2.40. The number of halogens is 1. The Bertz CT molecular complexity index is 613. The lowest BCUT2D eigenvalue weighted by Gasteiger charge is -2.24. The molecule has 0 heterocycles. The third-order valence-electron chi connectivity index (χ3n) is 3.80. The summed E-state index contributed by atoms with van der Waals surface area (Å²) in [5, 5.41) is 11.0. The quantitative estimate of drug-likeness (QED) is 0.892. The number of fused-ring (bicyclic) bond motifs is 1. The van der Waals surface area contributed by atoms with Crippen LogP contribution in [0.3, 0.4) is 0 Å². The Hall–Kier alpha value is -1.16. The zero-order valence-electron chi connectivity index (χ0n) is 10.5. The normalized spacial score (nSPS) is 25.3. The van der Waals surface area contributed by atoms with Gasteiger partial charge in [-0.25, -0.2) is 0 Å². The maximum absolute atomic E-state index is 11.0. The zero-order valence-corrected chi connectivity index (χ0v) is 12.1. The first kappa shape index (κ1) is 12.9. The van der Waals surface area contributed by atoms with E-state index in [0.717, 1.165) is 21.2 Å². The summed E-state index contributed by atoms with van der Waals surface area (Å²) in [4.78, 5) is 0. The van der Waals surface area contributed by atoms with Crippen LogP contribution >= 0.6 is 15.9 Å². The number of benzene rings is 2. The Morgan fingerprint density at radius 1 is 1.21 bits per heavy atom. The van der Waals surface area contributed by atoms with Crippen molar-refractivity contribution in [2.24, 2.45) is 5.73 Å². The minimum atomic E-state index is -0.850. The highest BCUT2D eigenvalue weighted by atomic mass is 79.9. The summed E-state index contributed by atoms with van der Waals surface area (Å²) in [7, 11) is 0. The predicted molar refractivity (Wildman–Crippen MR) is 79.7 cm³/mol. The predicted octanol–water partition coefficient (Wildman–Crippen LogP) is 3.28. The van der Waals surface area contributed by atoms with Crippen molar-refractivity contribution < 1.29 is 5.11 Å². The Kier molecular flexibility index (Phi) is 3.21. The lowest BCUT2D eigenvalue weighted by atomic mass is 9.89. The third-order valence-corrected chi connectivity index (χ3v) is 4.30. The number of hydrogen-bond acceptors (Lipinski definition) is 2. The summed E-state index contributed by atoms with van der Waals surface area (Å²) in [6, 6.07) is 15.9. The average Bonchev–Trinajstić information content (AvgIpc) is 2.62. The summed E-state index contributed by atoms with van der Waals surface area (Å²) >= 11 is 3.47. The van der Waals surface area contributed by atoms with Gasteiger partial charge in [0.1, 0.15) is 0 Å². The minimum absolute atomic E-state index is 0.0756. The van der Waals surface area contributed by atoms with Gasteiger partial charge in [-0.3, -0.25) is 0 Å². The maximum atomic E-state index is 11.0. The van der Waals surface area contributed by atoms with Gasteiger partial charge >= 0.3 is 0 Å². The van der Waals surface area contributed by atoms with E-state index in [1.54, 1.807) is 0 Å². The summed E-state index contributed by atoms with van der Waals surface area (Å²) in [5.74, 6) is 0. The van der Waals surface area contributed by atoms with Crippen LogP contribution in [0.5, 0.6) is 0 Å². The Morgan fingerprint density at radius 2 is 2.00 bits per heavy atom. The second kappa shape index (κ2) is 4.75. The second-order valence-corrected chi connectivity index (χ2v) is 6.15. The van der Waals surface area contributed by atoms with Crippen molar-refractivity contribution >= 4 is 15.9 Å². The average molecular weight is 318 g/mol. The van der Waals surface area contributed by atoms with Crippen LogP contribution in [-0.2, 0) is 12.0 Å². The molecule has 19 heavy (non-hydrogen) atoms. The van der Waals surface area contributed by atoms with E-state index in [1.165, 1.54) is 0 Å². The molecule has 0 aliphatic heterocycles. The SMILES string of the molecule is NC1CC(O)(Cc2cccc(Br)c2)c2ccccc21. The maximum Gasteiger partial charge on any atom is 0.0958 e. The standard InChI is InChI=1S/C16H16BrNO/c17-12-5-3-4-11(8-12)9-16(19)10-15(18)13-6-1-2-7-14(13)16/h1-8,15,19H,9-10,18H2. The third kappa shape index (κ3) is 2.34. The molecule has 1 aliphatic carbocycles. The fourth-order valence-electron chi connectivity index (χ4n) is 2.98. The minimum Gasteiger partial charge on any atom is -0.385 e. The Labute approximate surface area is 121 Å². The van der Waals surface area contributed by atoms with Crippen molar-refractivity contribution in [3.05, 3.63) is 69.7 Å². The lowest BCUT2D eigenvalue weighted by Crippen LogP contribution is -2.26. The molecular formula is C16H16BrNO. The molecule has 98 valence electrons. The molecule has 0 radical (unpaired) electrons. The summed E-state index contributed by atoms with van der Waals surface area (Å²) in [6.07, 6.45) is 1.18. The molecule has 0 fully saturated rings. The van der Waals surface area contributed by atoms with Gasteiger partial charge in [-0.1, -0.05) is 52.3 Å². The van der Waals surface area contributed by atoms with E-state index in [9.17, 15) is 5.11 Å². The van der Waals surface area contributed by atoms with Crippen LogP contribution in [0.1, 0.15) is 29.2 Å². The van der Waals surface area contributed by atoms with E-state index in [0.29, 0.717) is 12.8 Å². The number of aliphatic hydroxyl groups is 1. The van der Waals surface area contributed by atoms with E-state index in [2.05, 4.69) is 15.9 Å². The molecule has 0 amide bonds. The molecule has 2 atom stereocenters. The smallest absolute Gasteiger partial charge is 0.0958 e. The van der Waals surface area contributed by atoms with Crippen molar-refractivity contribution in [2.75, 3.05) is 0 Å². The molecule has 3 N–H and O–H groups in total. The Balaban J connectivity index is 1.97. The van der Waals surface area contributed by atoms with Gasteiger partial charge in [0.15, 0.2) is 0 Å². The molecule has 2 nitrogen and oxygen atoms in total. The number of rotatable bonds is 2. The van der Waals surface area contributed by atoms with E-state index >= 15 is 0 Å². The van der Waals surface area contributed by atoms with Gasteiger partial charge in [-0.15, -0.1) is 0 Å². The van der Waals surface area contributed by atoms with E-state index < -0.39 is 5.60 Å². The van der Waals surface area contributed by atoms with Crippen LogP contribution in [-0.4, -0.2) is 5.11 Å². The van der Waals surface area contributed by atoms with Crippen LogP contribution in [0.4, 0.5) is 0 Å². The van der Waals surface area contributed by atoms with E-state index in [4.69, 9.17) is 5.73 Å². The molecule has 0 spiro atoms. The molecule has 0 aromatic heterocycles. The van der Waals surface area contributed by atoms with Crippen molar-refractivity contribution in [1.29, 1.82) is 0 Å². The summed E-state index contributed by atoms with van der Waals surface area (Å²) < 4.78 is 1.03. The fourth-order valence-corrected chi connectivity index (χ4v) is 3.43. The molecule has 0 saturated heterocycles. The number of nitrogens with two attached hydrogens (primary N) is 1. The van der Waals surface area contributed by atoms with Crippen LogP contribution < -0.4 is 5.73 Å². The first-order valence-corrected chi connectivity index (χ1v) is 7.20. The first-order chi connectivity index (χ1) is 9.08. The van der Waals surface area contributed by atoms with Gasteiger partial charge in [-0.2, -0.15) is 0 Å². The second-order valence-electron chi connectivity index (χ2n) is 5.24.